The summed E-state index contributed by atoms with van der Waals surface area (Å²) in [4.78, 5) is 12.0. The van der Waals surface area contributed by atoms with Crippen LogP contribution in [0, 0.1) is 0 Å². The number of nitrogens with one attached hydrogen (secondary N) is 1. The Labute approximate surface area is 130 Å². The molecule has 1 amide bonds. The van der Waals surface area contributed by atoms with Gasteiger partial charge in [-0.15, -0.1) is 5.10 Å². The van der Waals surface area contributed by atoms with Crippen molar-refractivity contribution in [2.24, 2.45) is 0 Å². The van der Waals surface area contributed by atoms with Crippen molar-refractivity contribution in [2.75, 3.05) is 5.32 Å². The van der Waals surface area contributed by atoms with Crippen molar-refractivity contribution in [3.8, 4) is 11.5 Å². The molecule has 112 valence electrons. The third kappa shape index (κ3) is 2.99. The Balaban J connectivity index is 1.73. The van der Waals surface area contributed by atoms with E-state index in [2.05, 4.69) is 20.6 Å². The van der Waals surface area contributed by atoms with Gasteiger partial charge in [0.1, 0.15) is 0 Å². The van der Waals surface area contributed by atoms with E-state index in [0.29, 0.717) is 23.0 Å². The average molecular weight is 318 g/mol. The van der Waals surface area contributed by atoms with Crippen LogP contribution in [-0.4, -0.2) is 25.9 Å². The molecule has 0 aliphatic rings. The Morgan fingerprint density at radius 3 is 2.73 bits per heavy atom. The summed E-state index contributed by atoms with van der Waals surface area (Å²) in [6, 6.07) is 8.58. The first-order chi connectivity index (χ1) is 10.7. The molecule has 0 fully saturated rings. The molecule has 3 rings (SSSR count). The van der Waals surface area contributed by atoms with Gasteiger partial charge in [0.25, 0.3) is 5.91 Å². The van der Waals surface area contributed by atoms with Gasteiger partial charge < -0.3 is 4.42 Å². The number of amides is 1. The summed E-state index contributed by atoms with van der Waals surface area (Å²) in [5.41, 5.74) is 1.00. The Morgan fingerprint density at radius 1 is 1.27 bits per heavy atom. The van der Waals surface area contributed by atoms with E-state index in [1.807, 2.05) is 6.92 Å². The SMILES string of the molecule is CCn1ccc(C(=O)Nc2nnc(-c3ccc(Cl)cc3)o2)n1. The lowest BCUT2D eigenvalue weighted by atomic mass is 10.2. The number of nitrogens with zero attached hydrogens (tertiary/aromatic N) is 4. The van der Waals surface area contributed by atoms with Crippen LogP contribution in [0.2, 0.25) is 5.02 Å². The predicted molar refractivity (Wildman–Crippen MR) is 80.6 cm³/mol. The Kier molecular flexibility index (Phi) is 3.88. The molecule has 2 heterocycles. The van der Waals surface area contributed by atoms with E-state index in [4.69, 9.17) is 16.0 Å². The van der Waals surface area contributed by atoms with Crippen LogP contribution in [0.5, 0.6) is 0 Å². The number of rotatable bonds is 4. The molecule has 0 aliphatic heterocycles. The molecule has 3 aromatic rings. The Hall–Kier alpha value is -2.67. The fourth-order valence-corrected chi connectivity index (χ4v) is 1.93. The number of hydrogen-bond acceptors (Lipinski definition) is 5. The summed E-state index contributed by atoms with van der Waals surface area (Å²) in [5.74, 6) is -0.107. The monoisotopic (exact) mass is 317 g/mol. The Bertz CT molecular complexity index is 794. The number of carbonyl (C=O) groups excluding carboxylic acids is 1. The molecular weight excluding hydrogens is 306 g/mol. The minimum Gasteiger partial charge on any atom is -0.403 e. The predicted octanol–water partition coefficient (Wildman–Crippen LogP) is 2.86. The van der Waals surface area contributed by atoms with Gasteiger partial charge in [0.15, 0.2) is 5.69 Å². The van der Waals surface area contributed by atoms with Crippen molar-refractivity contribution < 1.29 is 9.21 Å². The van der Waals surface area contributed by atoms with Crippen molar-refractivity contribution in [2.45, 2.75) is 13.5 Å². The third-order valence-electron chi connectivity index (χ3n) is 2.93. The highest BCUT2D eigenvalue weighted by atomic mass is 35.5. The Morgan fingerprint density at radius 2 is 2.05 bits per heavy atom. The van der Waals surface area contributed by atoms with Gasteiger partial charge in [-0.2, -0.15) is 5.10 Å². The number of halogens is 1. The van der Waals surface area contributed by atoms with E-state index >= 15 is 0 Å². The summed E-state index contributed by atoms with van der Waals surface area (Å²) in [7, 11) is 0. The number of benzene rings is 1. The summed E-state index contributed by atoms with van der Waals surface area (Å²) in [6.07, 6.45) is 1.72. The molecule has 0 unspecified atom stereocenters. The normalized spacial score (nSPS) is 10.6. The number of anilines is 1. The molecule has 1 N–H and O–H groups in total. The lowest BCUT2D eigenvalue weighted by Gasteiger charge is -1.97. The van der Waals surface area contributed by atoms with E-state index in [1.165, 1.54) is 0 Å². The topological polar surface area (TPSA) is 85.8 Å². The second kappa shape index (κ2) is 5.98. The summed E-state index contributed by atoms with van der Waals surface area (Å²) in [5, 5.41) is 14.9. The standard InChI is InChI=1S/C14H12ClN5O2/c1-2-20-8-7-11(19-20)12(21)16-14-18-17-13(22-14)9-3-5-10(15)6-4-9/h3-8H,2H2,1H3,(H,16,18,21). The molecule has 2 aromatic heterocycles. The maximum Gasteiger partial charge on any atom is 0.322 e. The first kappa shape index (κ1) is 14.3. The van der Waals surface area contributed by atoms with Crippen molar-refractivity contribution in [1.29, 1.82) is 0 Å². The molecule has 0 spiro atoms. The van der Waals surface area contributed by atoms with Gasteiger partial charge in [0, 0.05) is 23.3 Å². The molecular formula is C14H12ClN5O2. The summed E-state index contributed by atoms with van der Waals surface area (Å²) in [6.45, 7) is 2.62. The number of carbonyl (C=O) groups is 1. The number of aryl methyl sites for hydroxylation is 1. The second-order valence-corrected chi connectivity index (χ2v) is 4.87. The smallest absolute Gasteiger partial charge is 0.322 e. The molecule has 0 bridgehead atoms. The maximum atomic E-state index is 12.0. The lowest BCUT2D eigenvalue weighted by molar-refractivity contribution is 0.101. The molecule has 0 saturated carbocycles. The maximum absolute atomic E-state index is 12.0. The first-order valence-corrected chi connectivity index (χ1v) is 6.98. The summed E-state index contributed by atoms with van der Waals surface area (Å²) >= 11 is 5.82. The minimum absolute atomic E-state index is 0.0148. The molecule has 0 radical (unpaired) electrons. The van der Waals surface area contributed by atoms with E-state index in [9.17, 15) is 4.79 Å². The summed E-state index contributed by atoms with van der Waals surface area (Å²) < 4.78 is 7.06. The van der Waals surface area contributed by atoms with Crippen molar-refractivity contribution in [3.63, 3.8) is 0 Å². The van der Waals surface area contributed by atoms with Gasteiger partial charge in [-0.1, -0.05) is 16.7 Å². The van der Waals surface area contributed by atoms with Crippen LogP contribution in [0.4, 0.5) is 6.01 Å². The van der Waals surface area contributed by atoms with E-state index < -0.39 is 5.91 Å². The third-order valence-corrected chi connectivity index (χ3v) is 3.19. The van der Waals surface area contributed by atoms with Crippen molar-refractivity contribution in [1.82, 2.24) is 20.0 Å². The molecule has 0 atom stereocenters. The zero-order valence-corrected chi connectivity index (χ0v) is 12.4. The van der Waals surface area contributed by atoms with Crippen molar-refractivity contribution in [3.05, 3.63) is 47.2 Å². The minimum atomic E-state index is -0.404. The zero-order valence-electron chi connectivity index (χ0n) is 11.7. The van der Waals surface area contributed by atoms with E-state index in [1.54, 1.807) is 41.2 Å². The zero-order chi connectivity index (χ0) is 15.5. The number of aromatic nitrogens is 4. The van der Waals surface area contributed by atoms with E-state index in [-0.39, 0.29) is 11.7 Å². The van der Waals surface area contributed by atoms with Gasteiger partial charge in [-0.3, -0.25) is 14.8 Å². The van der Waals surface area contributed by atoms with Crippen LogP contribution < -0.4 is 5.32 Å². The van der Waals surface area contributed by atoms with Crippen molar-refractivity contribution >= 4 is 23.5 Å². The van der Waals surface area contributed by atoms with Gasteiger partial charge in [0.05, 0.1) is 0 Å². The fourth-order valence-electron chi connectivity index (χ4n) is 1.80. The van der Waals surface area contributed by atoms with Gasteiger partial charge >= 0.3 is 6.01 Å². The fraction of sp³-hybridized carbons (Fsp3) is 0.143. The van der Waals surface area contributed by atoms with Crippen LogP contribution >= 0.6 is 11.6 Å². The van der Waals surface area contributed by atoms with Crippen LogP contribution in [-0.2, 0) is 6.54 Å². The van der Waals surface area contributed by atoms with Crippen LogP contribution in [0.1, 0.15) is 17.4 Å². The van der Waals surface area contributed by atoms with Crippen LogP contribution in [0.25, 0.3) is 11.5 Å². The lowest BCUT2D eigenvalue weighted by Crippen LogP contribution is -2.13. The molecule has 0 aliphatic carbocycles. The highest BCUT2D eigenvalue weighted by Gasteiger charge is 2.14. The largest absolute Gasteiger partial charge is 0.403 e. The first-order valence-electron chi connectivity index (χ1n) is 6.60. The van der Waals surface area contributed by atoms with Crippen LogP contribution in [0.15, 0.2) is 40.9 Å². The van der Waals surface area contributed by atoms with Gasteiger partial charge in [0.2, 0.25) is 5.89 Å². The van der Waals surface area contributed by atoms with Gasteiger partial charge in [-0.25, -0.2) is 0 Å². The average Bonchev–Trinajstić information content (AvgIpc) is 3.17. The molecule has 22 heavy (non-hydrogen) atoms. The second-order valence-electron chi connectivity index (χ2n) is 4.43. The van der Waals surface area contributed by atoms with Gasteiger partial charge in [-0.05, 0) is 37.3 Å². The highest BCUT2D eigenvalue weighted by molar-refractivity contribution is 6.30. The van der Waals surface area contributed by atoms with E-state index in [0.717, 1.165) is 0 Å². The molecule has 8 heteroatoms. The number of hydrogen-bond donors (Lipinski definition) is 1. The quantitative estimate of drug-likeness (QED) is 0.799. The molecule has 7 nitrogen and oxygen atoms in total. The van der Waals surface area contributed by atoms with Crippen LogP contribution in [0.3, 0.4) is 0 Å². The molecule has 0 saturated heterocycles. The molecule has 1 aromatic carbocycles. The highest BCUT2D eigenvalue weighted by Crippen LogP contribution is 2.21.